The molecule has 0 aromatic heterocycles. The van der Waals surface area contributed by atoms with Gasteiger partial charge in [-0.1, -0.05) is 45.9 Å². The Labute approximate surface area is 180 Å². The third-order valence-electron chi connectivity index (χ3n) is 8.18. The summed E-state index contributed by atoms with van der Waals surface area (Å²) in [5.41, 5.74) is 0.937. The number of carbonyl (C=O) groups is 2. The average molecular weight is 413 g/mol. The van der Waals surface area contributed by atoms with Crippen LogP contribution >= 0.6 is 0 Å². The van der Waals surface area contributed by atoms with Crippen LogP contribution in [0.3, 0.4) is 0 Å². The minimum atomic E-state index is -0.0303. The lowest BCUT2D eigenvalue weighted by atomic mass is 9.59. The molecule has 1 aromatic carbocycles. The van der Waals surface area contributed by atoms with Crippen molar-refractivity contribution in [1.29, 1.82) is 0 Å². The number of nitrogens with one attached hydrogen (secondary N) is 2. The lowest BCUT2D eigenvalue weighted by Gasteiger charge is -2.53. The fourth-order valence-electron chi connectivity index (χ4n) is 6.52. The number of rotatable bonds is 6. The maximum absolute atomic E-state index is 12.6. The van der Waals surface area contributed by atoms with Gasteiger partial charge in [-0.3, -0.25) is 9.59 Å². The van der Waals surface area contributed by atoms with Crippen LogP contribution < -0.4 is 10.6 Å². The van der Waals surface area contributed by atoms with E-state index >= 15 is 0 Å². The van der Waals surface area contributed by atoms with Crippen molar-refractivity contribution in [2.45, 2.75) is 65.5 Å². The van der Waals surface area contributed by atoms with Crippen molar-refractivity contribution in [1.82, 2.24) is 10.6 Å². The van der Waals surface area contributed by atoms with Gasteiger partial charge in [-0.15, -0.1) is 0 Å². The molecule has 1 aliphatic heterocycles. The van der Waals surface area contributed by atoms with Crippen molar-refractivity contribution in [3.05, 3.63) is 35.9 Å². The van der Waals surface area contributed by atoms with E-state index in [1.54, 1.807) is 0 Å². The maximum Gasteiger partial charge on any atom is 0.251 e. The van der Waals surface area contributed by atoms with E-state index in [9.17, 15) is 9.59 Å². The highest BCUT2D eigenvalue weighted by atomic mass is 16.5. The SMILES string of the molecule is CC(C)C(=O)N[C@H]1C(C)(C)[C@@H]2C[C@@H]3[C@@H](CCNC(=O)c4ccccc4)OCCC31C2. The van der Waals surface area contributed by atoms with Crippen LogP contribution in [0.25, 0.3) is 0 Å². The van der Waals surface area contributed by atoms with Crippen molar-refractivity contribution in [3.63, 3.8) is 0 Å². The first-order valence-electron chi connectivity index (χ1n) is 11.5. The van der Waals surface area contributed by atoms with Gasteiger partial charge in [-0.05, 0) is 60.5 Å². The number of benzene rings is 1. The summed E-state index contributed by atoms with van der Waals surface area (Å²) < 4.78 is 6.23. The van der Waals surface area contributed by atoms with E-state index < -0.39 is 0 Å². The molecule has 2 bridgehead atoms. The number of hydrogen-bond donors (Lipinski definition) is 2. The number of carbonyl (C=O) groups excluding carboxylic acids is 2. The average Bonchev–Trinajstić information content (AvgIpc) is 3.21. The van der Waals surface area contributed by atoms with Gasteiger partial charge in [0.05, 0.1) is 6.10 Å². The molecule has 1 saturated heterocycles. The standard InChI is InChI=1S/C25H36N2O3/c1-16(2)21(28)27-23-24(3,4)18-14-19-20(30-13-11-25(19,23)15-18)10-12-26-22(29)17-8-6-5-7-9-17/h5-9,16,18-20,23H,10-15H2,1-4H3,(H,26,29)(H,27,28)/t18-,19-,20-,23+,25?/m1/s1. The molecule has 1 aromatic rings. The Morgan fingerprint density at radius 1 is 1.20 bits per heavy atom. The van der Waals surface area contributed by atoms with Crippen LogP contribution in [0.15, 0.2) is 30.3 Å². The minimum Gasteiger partial charge on any atom is -0.378 e. The van der Waals surface area contributed by atoms with Crippen LogP contribution in [0, 0.1) is 28.6 Å². The van der Waals surface area contributed by atoms with E-state index in [0.29, 0.717) is 23.9 Å². The first kappa shape index (κ1) is 21.4. The van der Waals surface area contributed by atoms with Gasteiger partial charge in [0.25, 0.3) is 5.91 Å². The maximum atomic E-state index is 12.6. The monoisotopic (exact) mass is 412 g/mol. The van der Waals surface area contributed by atoms with E-state index in [2.05, 4.69) is 24.5 Å². The van der Waals surface area contributed by atoms with Crippen LogP contribution in [0.2, 0.25) is 0 Å². The normalized spacial score (nSPS) is 33.9. The zero-order chi connectivity index (χ0) is 21.5. The topological polar surface area (TPSA) is 67.4 Å². The molecule has 30 heavy (non-hydrogen) atoms. The van der Waals surface area contributed by atoms with Gasteiger partial charge in [0, 0.05) is 30.7 Å². The Bertz CT molecular complexity index is 791. The Balaban J connectivity index is 1.43. The largest absolute Gasteiger partial charge is 0.378 e. The van der Waals surface area contributed by atoms with Crippen molar-refractivity contribution in [2.24, 2.45) is 28.6 Å². The molecule has 5 atom stereocenters. The zero-order valence-electron chi connectivity index (χ0n) is 18.7. The molecule has 5 heteroatoms. The fraction of sp³-hybridized carbons (Fsp3) is 0.680. The van der Waals surface area contributed by atoms with E-state index in [4.69, 9.17) is 4.74 Å². The molecule has 2 saturated carbocycles. The molecule has 1 heterocycles. The summed E-state index contributed by atoms with van der Waals surface area (Å²) in [5.74, 6) is 1.20. The molecular weight excluding hydrogens is 376 g/mol. The third kappa shape index (κ3) is 3.55. The molecule has 2 amide bonds. The van der Waals surface area contributed by atoms with Crippen molar-refractivity contribution < 1.29 is 14.3 Å². The predicted molar refractivity (Wildman–Crippen MR) is 117 cm³/mol. The van der Waals surface area contributed by atoms with Crippen LogP contribution in [-0.2, 0) is 9.53 Å². The second-order valence-electron chi connectivity index (χ2n) is 10.5. The van der Waals surface area contributed by atoms with E-state index in [-0.39, 0.29) is 40.7 Å². The molecule has 3 fully saturated rings. The Kier molecular flexibility index (Phi) is 5.69. The summed E-state index contributed by atoms with van der Waals surface area (Å²) in [5, 5.41) is 6.50. The first-order valence-corrected chi connectivity index (χ1v) is 11.5. The fourth-order valence-corrected chi connectivity index (χ4v) is 6.52. The van der Waals surface area contributed by atoms with Gasteiger partial charge in [0.2, 0.25) is 5.91 Å². The van der Waals surface area contributed by atoms with Crippen LogP contribution in [0.4, 0.5) is 0 Å². The van der Waals surface area contributed by atoms with Crippen molar-refractivity contribution in [2.75, 3.05) is 13.2 Å². The molecule has 164 valence electrons. The highest BCUT2D eigenvalue weighted by Crippen LogP contribution is 2.68. The minimum absolute atomic E-state index is 0.00128. The molecular formula is C25H36N2O3. The summed E-state index contributed by atoms with van der Waals surface area (Å²) in [7, 11) is 0. The summed E-state index contributed by atoms with van der Waals surface area (Å²) in [6, 6.07) is 9.55. The summed E-state index contributed by atoms with van der Waals surface area (Å²) in [4.78, 5) is 25.0. The number of ether oxygens (including phenoxy) is 1. The quantitative estimate of drug-likeness (QED) is 0.747. The van der Waals surface area contributed by atoms with Gasteiger partial charge < -0.3 is 15.4 Å². The number of amides is 2. The summed E-state index contributed by atoms with van der Waals surface area (Å²) in [6.45, 7) is 9.95. The predicted octanol–water partition coefficient (Wildman–Crippen LogP) is 3.79. The molecule has 0 radical (unpaired) electrons. The summed E-state index contributed by atoms with van der Waals surface area (Å²) in [6.07, 6.45) is 4.34. The molecule has 1 spiro atoms. The van der Waals surface area contributed by atoms with Gasteiger partial charge >= 0.3 is 0 Å². The Hall–Kier alpha value is -1.88. The molecule has 1 unspecified atom stereocenters. The van der Waals surface area contributed by atoms with Crippen LogP contribution in [0.5, 0.6) is 0 Å². The Morgan fingerprint density at radius 2 is 1.93 bits per heavy atom. The van der Waals surface area contributed by atoms with Gasteiger partial charge in [-0.25, -0.2) is 0 Å². The van der Waals surface area contributed by atoms with Gasteiger partial charge in [-0.2, -0.15) is 0 Å². The summed E-state index contributed by atoms with van der Waals surface area (Å²) >= 11 is 0. The smallest absolute Gasteiger partial charge is 0.251 e. The highest BCUT2D eigenvalue weighted by Gasteiger charge is 2.68. The molecule has 5 nitrogen and oxygen atoms in total. The van der Waals surface area contributed by atoms with Crippen molar-refractivity contribution in [3.8, 4) is 0 Å². The molecule has 3 aliphatic rings. The number of hydrogen-bond acceptors (Lipinski definition) is 3. The Morgan fingerprint density at radius 3 is 2.63 bits per heavy atom. The molecule has 4 rings (SSSR count). The van der Waals surface area contributed by atoms with Crippen LogP contribution in [0.1, 0.15) is 63.7 Å². The van der Waals surface area contributed by atoms with E-state index in [0.717, 1.165) is 19.4 Å². The van der Waals surface area contributed by atoms with Gasteiger partial charge in [0.1, 0.15) is 0 Å². The van der Waals surface area contributed by atoms with E-state index in [1.165, 1.54) is 12.8 Å². The second kappa shape index (κ2) is 7.99. The van der Waals surface area contributed by atoms with Crippen molar-refractivity contribution >= 4 is 11.8 Å². The highest BCUT2D eigenvalue weighted by molar-refractivity contribution is 5.94. The molecule has 2 aliphatic carbocycles. The first-order chi connectivity index (χ1) is 14.3. The molecule has 2 N–H and O–H groups in total. The van der Waals surface area contributed by atoms with Crippen LogP contribution in [-0.4, -0.2) is 37.1 Å². The third-order valence-corrected chi connectivity index (χ3v) is 8.18. The number of fused-ring (bicyclic) bond motifs is 1. The lowest BCUT2D eigenvalue weighted by Crippen LogP contribution is -2.60. The van der Waals surface area contributed by atoms with Gasteiger partial charge in [0.15, 0.2) is 0 Å². The van der Waals surface area contributed by atoms with E-state index in [1.807, 2.05) is 44.2 Å². The zero-order valence-corrected chi connectivity index (χ0v) is 18.7. The second-order valence-corrected chi connectivity index (χ2v) is 10.5. The lowest BCUT2D eigenvalue weighted by molar-refractivity contribution is -0.138.